The highest BCUT2D eigenvalue weighted by atomic mass is 32.1. The minimum atomic E-state index is -0.363. The Morgan fingerprint density at radius 3 is 2.89 bits per heavy atom. The average Bonchev–Trinajstić information content (AvgIpc) is 2.86. The molecule has 0 amide bonds. The zero-order valence-electron chi connectivity index (χ0n) is 10.8. The summed E-state index contributed by atoms with van der Waals surface area (Å²) in [5.41, 5.74) is 2.45. The van der Waals surface area contributed by atoms with Gasteiger partial charge in [0.25, 0.3) is 5.69 Å². The summed E-state index contributed by atoms with van der Waals surface area (Å²) >= 11 is 1.75. The van der Waals surface area contributed by atoms with Crippen LogP contribution in [0.3, 0.4) is 0 Å². The van der Waals surface area contributed by atoms with E-state index in [1.54, 1.807) is 23.5 Å². The summed E-state index contributed by atoms with van der Waals surface area (Å²) in [6.45, 7) is 3.60. The smallest absolute Gasteiger partial charge is 0.269 e. The summed E-state index contributed by atoms with van der Waals surface area (Å²) in [7, 11) is 0. The predicted octanol–water partition coefficient (Wildman–Crippen LogP) is 3.51. The molecule has 0 saturated heterocycles. The Balaban J connectivity index is 1.92. The third kappa shape index (κ3) is 3.62. The third-order valence-corrected chi connectivity index (χ3v) is 3.92. The molecule has 0 aliphatic heterocycles. The van der Waals surface area contributed by atoms with Crippen molar-refractivity contribution in [2.24, 2.45) is 0 Å². The zero-order chi connectivity index (χ0) is 13.7. The maximum atomic E-state index is 10.7. The van der Waals surface area contributed by atoms with Crippen LogP contribution in [0.4, 0.5) is 5.69 Å². The molecule has 100 valence electrons. The van der Waals surface area contributed by atoms with Crippen molar-refractivity contribution >= 4 is 17.0 Å². The highest BCUT2D eigenvalue weighted by Gasteiger charge is 2.06. The van der Waals surface area contributed by atoms with Gasteiger partial charge in [0.1, 0.15) is 0 Å². The maximum Gasteiger partial charge on any atom is 0.269 e. The molecule has 0 saturated carbocycles. The quantitative estimate of drug-likeness (QED) is 0.649. The molecule has 0 fully saturated rings. The molecule has 1 aromatic heterocycles. The van der Waals surface area contributed by atoms with E-state index in [1.165, 1.54) is 16.5 Å². The Hall–Kier alpha value is -1.72. The zero-order valence-corrected chi connectivity index (χ0v) is 11.6. The highest BCUT2D eigenvalue weighted by molar-refractivity contribution is 7.10. The van der Waals surface area contributed by atoms with Gasteiger partial charge in [0.15, 0.2) is 0 Å². The molecule has 2 rings (SSSR count). The Morgan fingerprint density at radius 2 is 2.16 bits per heavy atom. The lowest BCUT2D eigenvalue weighted by Gasteiger charge is -2.05. The Kier molecular flexibility index (Phi) is 4.65. The van der Waals surface area contributed by atoms with E-state index in [-0.39, 0.29) is 10.6 Å². The SMILES string of the molecule is CCc1ccsc1CNCc1cccc([N+](=O)[O-])c1. The molecule has 1 N–H and O–H groups in total. The fourth-order valence-electron chi connectivity index (χ4n) is 1.94. The Morgan fingerprint density at radius 1 is 1.32 bits per heavy atom. The van der Waals surface area contributed by atoms with Crippen LogP contribution in [0, 0.1) is 10.1 Å². The summed E-state index contributed by atoms with van der Waals surface area (Å²) < 4.78 is 0. The largest absolute Gasteiger partial charge is 0.308 e. The highest BCUT2D eigenvalue weighted by Crippen LogP contribution is 2.17. The van der Waals surface area contributed by atoms with Crippen molar-refractivity contribution in [3.05, 3.63) is 61.8 Å². The average molecular weight is 276 g/mol. The molecule has 0 atom stereocenters. The van der Waals surface area contributed by atoms with E-state index >= 15 is 0 Å². The van der Waals surface area contributed by atoms with Gasteiger partial charge >= 0.3 is 0 Å². The number of aryl methyl sites for hydroxylation is 1. The van der Waals surface area contributed by atoms with Gasteiger partial charge in [0.05, 0.1) is 4.92 Å². The van der Waals surface area contributed by atoms with Gasteiger partial charge in [0.2, 0.25) is 0 Å². The molecule has 0 aliphatic carbocycles. The van der Waals surface area contributed by atoms with E-state index in [0.717, 1.165) is 18.5 Å². The van der Waals surface area contributed by atoms with Crippen LogP contribution in [0.2, 0.25) is 0 Å². The van der Waals surface area contributed by atoms with E-state index in [1.807, 2.05) is 6.07 Å². The van der Waals surface area contributed by atoms with Crippen molar-refractivity contribution in [1.29, 1.82) is 0 Å². The normalized spacial score (nSPS) is 10.6. The molecular weight excluding hydrogens is 260 g/mol. The van der Waals surface area contributed by atoms with Gasteiger partial charge in [-0.05, 0) is 29.0 Å². The second kappa shape index (κ2) is 6.45. The topological polar surface area (TPSA) is 55.2 Å². The van der Waals surface area contributed by atoms with Gasteiger partial charge in [-0.2, -0.15) is 0 Å². The van der Waals surface area contributed by atoms with Crippen molar-refractivity contribution in [2.45, 2.75) is 26.4 Å². The molecule has 0 radical (unpaired) electrons. The van der Waals surface area contributed by atoms with Crippen LogP contribution in [0.15, 0.2) is 35.7 Å². The number of non-ortho nitro benzene ring substituents is 1. The summed E-state index contributed by atoms with van der Waals surface area (Å²) in [4.78, 5) is 11.7. The number of hydrogen-bond acceptors (Lipinski definition) is 4. The van der Waals surface area contributed by atoms with Crippen LogP contribution in [0.1, 0.15) is 22.9 Å². The van der Waals surface area contributed by atoms with Gasteiger partial charge in [-0.25, -0.2) is 0 Å². The molecule has 0 unspecified atom stereocenters. The Labute approximate surface area is 116 Å². The van der Waals surface area contributed by atoms with Crippen LogP contribution >= 0.6 is 11.3 Å². The van der Waals surface area contributed by atoms with E-state index in [0.29, 0.717) is 6.54 Å². The summed E-state index contributed by atoms with van der Waals surface area (Å²) in [5.74, 6) is 0. The van der Waals surface area contributed by atoms with Gasteiger partial charge in [0, 0.05) is 30.1 Å². The number of nitro benzene ring substituents is 1. The first kappa shape index (κ1) is 13.7. The first-order chi connectivity index (χ1) is 9.20. The number of benzene rings is 1. The lowest BCUT2D eigenvalue weighted by molar-refractivity contribution is -0.384. The number of rotatable bonds is 6. The molecule has 4 nitrogen and oxygen atoms in total. The molecule has 0 bridgehead atoms. The standard InChI is InChI=1S/C14H16N2O2S/c1-2-12-6-7-19-14(12)10-15-9-11-4-3-5-13(8-11)16(17)18/h3-8,15H,2,9-10H2,1H3. The second-order valence-electron chi connectivity index (χ2n) is 4.25. The van der Waals surface area contributed by atoms with E-state index in [9.17, 15) is 10.1 Å². The molecule has 19 heavy (non-hydrogen) atoms. The number of nitrogens with zero attached hydrogens (tertiary/aromatic N) is 1. The minimum Gasteiger partial charge on any atom is -0.308 e. The van der Waals surface area contributed by atoms with Gasteiger partial charge in [-0.1, -0.05) is 19.1 Å². The van der Waals surface area contributed by atoms with Crippen molar-refractivity contribution in [2.75, 3.05) is 0 Å². The molecule has 1 heterocycles. The first-order valence-corrected chi connectivity index (χ1v) is 7.08. The monoisotopic (exact) mass is 276 g/mol. The van der Waals surface area contributed by atoms with Crippen LogP contribution in [0.25, 0.3) is 0 Å². The summed E-state index contributed by atoms with van der Waals surface area (Å²) in [6.07, 6.45) is 1.04. The third-order valence-electron chi connectivity index (χ3n) is 2.95. The minimum absolute atomic E-state index is 0.143. The summed E-state index contributed by atoms with van der Waals surface area (Å²) in [6, 6.07) is 8.89. The predicted molar refractivity (Wildman–Crippen MR) is 77.3 cm³/mol. The molecule has 5 heteroatoms. The lowest BCUT2D eigenvalue weighted by atomic mass is 10.2. The lowest BCUT2D eigenvalue weighted by Crippen LogP contribution is -2.12. The first-order valence-electron chi connectivity index (χ1n) is 6.20. The number of nitro groups is 1. The number of nitrogens with one attached hydrogen (secondary N) is 1. The van der Waals surface area contributed by atoms with Crippen LogP contribution in [-0.2, 0) is 19.5 Å². The number of thiophene rings is 1. The van der Waals surface area contributed by atoms with Crippen molar-refractivity contribution < 1.29 is 4.92 Å². The maximum absolute atomic E-state index is 10.7. The second-order valence-corrected chi connectivity index (χ2v) is 5.25. The van der Waals surface area contributed by atoms with Gasteiger partial charge in [-0.3, -0.25) is 10.1 Å². The van der Waals surface area contributed by atoms with Crippen LogP contribution in [-0.4, -0.2) is 4.92 Å². The van der Waals surface area contributed by atoms with Crippen LogP contribution in [0.5, 0.6) is 0 Å². The molecular formula is C14H16N2O2S. The van der Waals surface area contributed by atoms with Crippen molar-refractivity contribution in [1.82, 2.24) is 5.32 Å². The fourth-order valence-corrected chi connectivity index (χ4v) is 2.88. The van der Waals surface area contributed by atoms with Crippen molar-refractivity contribution in [3.63, 3.8) is 0 Å². The van der Waals surface area contributed by atoms with Crippen molar-refractivity contribution in [3.8, 4) is 0 Å². The van der Waals surface area contributed by atoms with Gasteiger partial charge in [-0.15, -0.1) is 11.3 Å². The van der Waals surface area contributed by atoms with Gasteiger partial charge < -0.3 is 5.32 Å². The molecule has 2 aromatic rings. The van der Waals surface area contributed by atoms with Crippen LogP contribution < -0.4 is 5.32 Å². The molecule has 1 aromatic carbocycles. The fraction of sp³-hybridized carbons (Fsp3) is 0.286. The van der Waals surface area contributed by atoms with E-state index in [2.05, 4.69) is 23.7 Å². The number of hydrogen-bond donors (Lipinski definition) is 1. The van der Waals surface area contributed by atoms with E-state index < -0.39 is 0 Å². The van der Waals surface area contributed by atoms with E-state index in [4.69, 9.17) is 0 Å². The molecule has 0 aliphatic rings. The Bertz CT molecular complexity index is 566. The molecule has 0 spiro atoms. The summed E-state index contributed by atoms with van der Waals surface area (Å²) in [5, 5.41) is 16.1.